The number of ether oxygens (including phenoxy) is 1. The molecule has 3 aromatic rings. The quantitative estimate of drug-likeness (QED) is 0.429. The number of fused-ring (bicyclic) bond motifs is 1. The topological polar surface area (TPSA) is 114 Å². The van der Waals surface area contributed by atoms with E-state index < -0.39 is 12.1 Å². The minimum absolute atomic E-state index is 0.0459. The first-order valence-electron chi connectivity index (χ1n) is 8.97. The number of thioether (sulfide) groups is 1. The molecule has 2 aromatic heterocycles. The molecule has 29 heavy (non-hydrogen) atoms. The lowest BCUT2D eigenvalue weighted by Gasteiger charge is -2.12. The molecule has 9 heteroatoms. The Bertz CT molecular complexity index is 1060. The number of amides is 1. The summed E-state index contributed by atoms with van der Waals surface area (Å²) in [7, 11) is 0. The molecule has 1 aromatic carbocycles. The Hall–Kier alpha value is -3.07. The van der Waals surface area contributed by atoms with Crippen molar-refractivity contribution in [3.8, 4) is 0 Å². The largest absolute Gasteiger partial charge is 0.454 e. The van der Waals surface area contributed by atoms with E-state index in [2.05, 4.69) is 15.5 Å². The molecule has 2 N–H and O–H groups in total. The van der Waals surface area contributed by atoms with E-state index in [9.17, 15) is 14.4 Å². The predicted molar refractivity (Wildman–Crippen MR) is 110 cm³/mol. The van der Waals surface area contributed by atoms with Gasteiger partial charge in [-0.2, -0.15) is 0 Å². The molecule has 0 aliphatic rings. The lowest BCUT2D eigenvalue weighted by molar-refractivity contribution is -0.143. The zero-order chi connectivity index (χ0) is 21.0. The highest BCUT2D eigenvalue weighted by Gasteiger charge is 2.24. The highest BCUT2D eigenvalue weighted by molar-refractivity contribution is 8.00. The Labute approximate surface area is 171 Å². The maximum Gasteiger partial charge on any atom is 0.316 e. The van der Waals surface area contributed by atoms with Crippen LogP contribution in [-0.4, -0.2) is 45.4 Å². The number of carbonyl (C=O) groups excluding carboxylic acids is 3. The summed E-state index contributed by atoms with van der Waals surface area (Å²) in [5, 5.41) is 7.02. The lowest BCUT2D eigenvalue weighted by atomic mass is 10.0. The molecule has 0 radical (unpaired) electrons. The third-order valence-corrected chi connectivity index (χ3v) is 5.07. The van der Waals surface area contributed by atoms with Gasteiger partial charge in [0.15, 0.2) is 11.9 Å². The average Bonchev–Trinajstić information content (AvgIpc) is 3.22. The SMILES string of the molecule is Cc1cc(NC(=O)CSCC(=O)O[C@@H](C)C(=O)c2c(C)[nH]c3ccccc23)no1. The summed E-state index contributed by atoms with van der Waals surface area (Å²) < 4.78 is 10.1. The fourth-order valence-corrected chi connectivity index (χ4v) is 3.51. The zero-order valence-electron chi connectivity index (χ0n) is 16.3. The number of aromatic amines is 1. The number of hydrogen-bond acceptors (Lipinski definition) is 7. The highest BCUT2D eigenvalue weighted by Crippen LogP contribution is 2.24. The van der Waals surface area contributed by atoms with Crippen molar-refractivity contribution in [3.63, 3.8) is 0 Å². The van der Waals surface area contributed by atoms with E-state index in [4.69, 9.17) is 9.26 Å². The third kappa shape index (κ3) is 5.05. The first-order chi connectivity index (χ1) is 13.8. The van der Waals surface area contributed by atoms with Gasteiger partial charge in [-0.25, -0.2) is 0 Å². The molecule has 0 spiro atoms. The number of rotatable bonds is 8. The number of esters is 1. The van der Waals surface area contributed by atoms with Gasteiger partial charge >= 0.3 is 5.97 Å². The van der Waals surface area contributed by atoms with Crippen molar-refractivity contribution < 1.29 is 23.6 Å². The number of Topliss-reactive ketones (excluding diaryl/α,β-unsaturated/α-hetero) is 1. The van der Waals surface area contributed by atoms with E-state index in [0.29, 0.717) is 17.1 Å². The molecule has 8 nitrogen and oxygen atoms in total. The molecule has 1 amide bonds. The van der Waals surface area contributed by atoms with E-state index in [1.807, 2.05) is 31.2 Å². The van der Waals surface area contributed by atoms with Crippen LogP contribution in [0.2, 0.25) is 0 Å². The third-order valence-electron chi connectivity index (χ3n) is 4.17. The maximum atomic E-state index is 12.8. The van der Waals surface area contributed by atoms with Crippen LogP contribution in [0.5, 0.6) is 0 Å². The van der Waals surface area contributed by atoms with Crippen molar-refractivity contribution in [1.29, 1.82) is 0 Å². The maximum absolute atomic E-state index is 12.8. The van der Waals surface area contributed by atoms with Gasteiger partial charge in [-0.1, -0.05) is 23.4 Å². The number of benzene rings is 1. The molecule has 152 valence electrons. The fourth-order valence-electron chi connectivity index (χ4n) is 2.91. The number of para-hydroxylation sites is 1. The Morgan fingerprint density at radius 2 is 2.00 bits per heavy atom. The monoisotopic (exact) mass is 415 g/mol. The second-order valence-corrected chi connectivity index (χ2v) is 7.52. The number of nitrogens with zero attached hydrogens (tertiary/aromatic N) is 1. The molecule has 0 saturated carbocycles. The van der Waals surface area contributed by atoms with E-state index in [0.717, 1.165) is 28.4 Å². The van der Waals surface area contributed by atoms with Crippen molar-refractivity contribution in [2.24, 2.45) is 0 Å². The number of anilines is 1. The minimum Gasteiger partial charge on any atom is -0.454 e. The van der Waals surface area contributed by atoms with Crippen LogP contribution in [-0.2, 0) is 14.3 Å². The van der Waals surface area contributed by atoms with Gasteiger partial charge in [-0.05, 0) is 26.8 Å². The van der Waals surface area contributed by atoms with E-state index in [1.165, 1.54) is 0 Å². The van der Waals surface area contributed by atoms with Crippen LogP contribution in [0.25, 0.3) is 10.9 Å². The molecular weight excluding hydrogens is 394 g/mol. The molecule has 0 bridgehead atoms. The van der Waals surface area contributed by atoms with Gasteiger partial charge < -0.3 is 19.6 Å². The fraction of sp³-hybridized carbons (Fsp3) is 0.300. The van der Waals surface area contributed by atoms with Crippen LogP contribution in [0.1, 0.15) is 28.7 Å². The number of nitrogens with one attached hydrogen (secondary N) is 2. The second-order valence-electron chi connectivity index (χ2n) is 6.53. The van der Waals surface area contributed by atoms with Crippen molar-refractivity contribution in [1.82, 2.24) is 10.1 Å². The number of ketones is 1. The van der Waals surface area contributed by atoms with Crippen molar-refractivity contribution in [2.45, 2.75) is 26.9 Å². The van der Waals surface area contributed by atoms with Gasteiger partial charge in [0.1, 0.15) is 5.76 Å². The normalized spacial score (nSPS) is 12.0. The summed E-state index contributed by atoms with van der Waals surface area (Å²) in [5.41, 5.74) is 2.11. The van der Waals surface area contributed by atoms with Crippen molar-refractivity contribution >= 4 is 46.1 Å². The van der Waals surface area contributed by atoms with Crippen LogP contribution < -0.4 is 5.32 Å². The van der Waals surface area contributed by atoms with Gasteiger partial charge in [0, 0.05) is 28.2 Å². The van der Waals surface area contributed by atoms with E-state index >= 15 is 0 Å². The molecule has 1 atom stereocenters. The summed E-state index contributed by atoms with van der Waals surface area (Å²) in [6.45, 7) is 5.08. The summed E-state index contributed by atoms with van der Waals surface area (Å²) in [5.74, 6) is -0.226. The van der Waals surface area contributed by atoms with Gasteiger partial charge in [0.25, 0.3) is 0 Å². The zero-order valence-corrected chi connectivity index (χ0v) is 17.1. The van der Waals surface area contributed by atoms with Gasteiger partial charge in [-0.15, -0.1) is 11.8 Å². The summed E-state index contributed by atoms with van der Waals surface area (Å²) in [6, 6.07) is 9.07. The lowest BCUT2D eigenvalue weighted by Crippen LogP contribution is -2.26. The molecule has 0 unspecified atom stereocenters. The van der Waals surface area contributed by atoms with Crippen LogP contribution in [0.3, 0.4) is 0 Å². The Balaban J connectivity index is 1.49. The molecule has 2 heterocycles. The van der Waals surface area contributed by atoms with Crippen LogP contribution in [0, 0.1) is 13.8 Å². The number of hydrogen-bond donors (Lipinski definition) is 2. The highest BCUT2D eigenvalue weighted by atomic mass is 32.2. The predicted octanol–water partition coefficient (Wildman–Crippen LogP) is 3.26. The van der Waals surface area contributed by atoms with Gasteiger partial charge in [-0.3, -0.25) is 14.4 Å². The van der Waals surface area contributed by atoms with E-state index in [1.54, 1.807) is 19.9 Å². The van der Waals surface area contributed by atoms with Gasteiger partial charge in [0.2, 0.25) is 11.7 Å². The van der Waals surface area contributed by atoms with Crippen molar-refractivity contribution in [3.05, 3.63) is 47.3 Å². The summed E-state index contributed by atoms with van der Waals surface area (Å²) >= 11 is 1.09. The second kappa shape index (κ2) is 8.95. The number of aryl methyl sites for hydroxylation is 2. The first kappa shape index (κ1) is 20.7. The summed E-state index contributed by atoms with van der Waals surface area (Å²) in [4.78, 5) is 39.8. The van der Waals surface area contributed by atoms with Crippen LogP contribution in [0.4, 0.5) is 5.82 Å². The smallest absolute Gasteiger partial charge is 0.316 e. The van der Waals surface area contributed by atoms with Gasteiger partial charge in [0.05, 0.1) is 11.5 Å². The van der Waals surface area contributed by atoms with E-state index in [-0.39, 0.29) is 23.2 Å². The molecular formula is C20H21N3O5S. The van der Waals surface area contributed by atoms with Crippen LogP contribution in [0.15, 0.2) is 34.9 Å². The molecule has 3 rings (SSSR count). The average molecular weight is 415 g/mol. The van der Waals surface area contributed by atoms with Crippen molar-refractivity contribution in [2.75, 3.05) is 16.8 Å². The van der Waals surface area contributed by atoms with Crippen LogP contribution >= 0.6 is 11.8 Å². The number of aromatic nitrogens is 2. The first-order valence-corrected chi connectivity index (χ1v) is 10.1. The Kier molecular flexibility index (Phi) is 6.38. The molecule has 0 fully saturated rings. The minimum atomic E-state index is -0.923. The molecule has 0 aliphatic carbocycles. The number of carbonyl (C=O) groups is 3. The number of H-pyrrole nitrogens is 1. The standard InChI is InChI=1S/C20H21N3O5S/c1-11-8-16(23-28-11)22-17(24)9-29-10-18(25)27-13(3)20(26)19-12(2)21-15-7-5-4-6-14(15)19/h4-8,13,21H,9-10H2,1-3H3,(H,22,23,24)/t13-/m0/s1. The Morgan fingerprint density at radius 1 is 1.24 bits per heavy atom. The summed E-state index contributed by atoms with van der Waals surface area (Å²) in [6.07, 6.45) is -0.923. The Morgan fingerprint density at radius 3 is 2.72 bits per heavy atom. The molecule has 0 saturated heterocycles. The molecule has 0 aliphatic heterocycles.